The Kier molecular flexibility index (Phi) is 4.93. The standard InChI is InChI=1S/C22H32O4/c1-13(2)16-6-7-21(4)8-9-22(5)11-18(25)15(12-26-14(3)23)10-17(24)20(22)19(16)21/h10,16-17,19-20,24H,1,6-9,11-12H2,2-5H3/t16-,17-,19+,20+,21+,22-/m0/s1. The molecule has 4 nitrogen and oxygen atoms in total. The van der Waals surface area contributed by atoms with Gasteiger partial charge < -0.3 is 9.84 Å². The first-order chi connectivity index (χ1) is 12.1. The highest BCUT2D eigenvalue weighted by molar-refractivity contribution is 5.96. The number of esters is 1. The van der Waals surface area contributed by atoms with E-state index >= 15 is 0 Å². The number of rotatable bonds is 3. The van der Waals surface area contributed by atoms with Crippen molar-refractivity contribution in [2.75, 3.05) is 6.61 Å². The van der Waals surface area contributed by atoms with Crippen LogP contribution in [0.3, 0.4) is 0 Å². The Bertz CT molecular complexity index is 663. The van der Waals surface area contributed by atoms with Crippen LogP contribution in [0.2, 0.25) is 0 Å². The fourth-order valence-electron chi connectivity index (χ4n) is 6.04. The molecule has 0 spiro atoms. The zero-order valence-corrected chi connectivity index (χ0v) is 16.5. The van der Waals surface area contributed by atoms with Crippen LogP contribution in [0.25, 0.3) is 0 Å². The molecular formula is C22H32O4. The lowest BCUT2D eigenvalue weighted by Crippen LogP contribution is -2.51. The molecule has 0 unspecified atom stereocenters. The lowest BCUT2D eigenvalue weighted by atomic mass is 9.50. The van der Waals surface area contributed by atoms with Gasteiger partial charge >= 0.3 is 5.97 Å². The van der Waals surface area contributed by atoms with E-state index in [1.807, 2.05) is 0 Å². The van der Waals surface area contributed by atoms with E-state index in [0.717, 1.165) is 25.7 Å². The van der Waals surface area contributed by atoms with Crippen LogP contribution >= 0.6 is 0 Å². The zero-order chi connectivity index (χ0) is 19.3. The summed E-state index contributed by atoms with van der Waals surface area (Å²) >= 11 is 0. The Labute approximate surface area is 156 Å². The lowest BCUT2D eigenvalue weighted by Gasteiger charge is -2.54. The van der Waals surface area contributed by atoms with Gasteiger partial charge in [-0.2, -0.15) is 0 Å². The van der Waals surface area contributed by atoms with Crippen molar-refractivity contribution < 1.29 is 19.4 Å². The highest BCUT2D eigenvalue weighted by atomic mass is 16.5. The number of aliphatic hydroxyl groups is 1. The van der Waals surface area contributed by atoms with Gasteiger partial charge in [0.2, 0.25) is 0 Å². The van der Waals surface area contributed by atoms with Crippen molar-refractivity contribution in [3.63, 3.8) is 0 Å². The van der Waals surface area contributed by atoms with Gasteiger partial charge in [0.05, 0.1) is 6.10 Å². The number of fused-ring (bicyclic) bond motifs is 3. The highest BCUT2D eigenvalue weighted by Gasteiger charge is 2.59. The predicted molar refractivity (Wildman–Crippen MR) is 100 cm³/mol. The molecule has 0 saturated heterocycles. The normalized spacial score (nSPS) is 42.3. The van der Waals surface area contributed by atoms with Crippen LogP contribution in [0.5, 0.6) is 0 Å². The van der Waals surface area contributed by atoms with Crippen LogP contribution in [0, 0.1) is 28.6 Å². The van der Waals surface area contributed by atoms with Crippen LogP contribution in [-0.2, 0) is 14.3 Å². The summed E-state index contributed by atoms with van der Waals surface area (Å²) < 4.78 is 5.05. The van der Waals surface area contributed by atoms with Crippen LogP contribution in [0.4, 0.5) is 0 Å². The number of ether oxygens (including phenoxy) is 1. The van der Waals surface area contributed by atoms with Crippen LogP contribution in [0.15, 0.2) is 23.8 Å². The van der Waals surface area contributed by atoms with E-state index in [4.69, 9.17) is 4.74 Å². The summed E-state index contributed by atoms with van der Waals surface area (Å²) in [7, 11) is 0. The van der Waals surface area contributed by atoms with Crippen molar-refractivity contribution in [3.05, 3.63) is 23.8 Å². The highest BCUT2D eigenvalue weighted by Crippen LogP contribution is 2.65. The molecular weight excluding hydrogens is 328 g/mol. The van der Waals surface area contributed by atoms with E-state index in [2.05, 4.69) is 27.4 Å². The second-order valence-corrected chi connectivity index (χ2v) is 9.41. The number of hydrogen-bond acceptors (Lipinski definition) is 4. The minimum atomic E-state index is -0.693. The zero-order valence-electron chi connectivity index (χ0n) is 16.5. The molecule has 3 aliphatic carbocycles. The van der Waals surface area contributed by atoms with Gasteiger partial charge in [-0.05, 0) is 67.3 Å². The van der Waals surface area contributed by atoms with E-state index in [9.17, 15) is 14.7 Å². The maximum absolute atomic E-state index is 12.8. The van der Waals surface area contributed by atoms with Gasteiger partial charge in [0.15, 0.2) is 5.78 Å². The van der Waals surface area contributed by atoms with Gasteiger partial charge in [-0.3, -0.25) is 9.59 Å². The number of ketones is 1. The maximum atomic E-state index is 12.8. The van der Waals surface area contributed by atoms with E-state index in [1.54, 1.807) is 6.08 Å². The van der Waals surface area contributed by atoms with Gasteiger partial charge in [0.25, 0.3) is 0 Å². The lowest BCUT2D eigenvalue weighted by molar-refractivity contribution is -0.140. The monoisotopic (exact) mass is 360 g/mol. The molecule has 2 fully saturated rings. The number of Topliss-reactive ketones (excluding diaryl/α,β-unsaturated/α-hetero) is 1. The van der Waals surface area contributed by atoms with E-state index in [1.165, 1.54) is 12.5 Å². The Balaban J connectivity index is 1.99. The van der Waals surface area contributed by atoms with Gasteiger partial charge in [0.1, 0.15) is 6.61 Å². The van der Waals surface area contributed by atoms with Crippen molar-refractivity contribution in [1.82, 2.24) is 0 Å². The molecule has 0 heterocycles. The molecule has 6 atom stereocenters. The van der Waals surface area contributed by atoms with E-state index < -0.39 is 12.1 Å². The summed E-state index contributed by atoms with van der Waals surface area (Å²) in [4.78, 5) is 24.0. The quantitative estimate of drug-likeness (QED) is 0.614. The molecule has 0 radical (unpaired) electrons. The van der Waals surface area contributed by atoms with Crippen LogP contribution in [0.1, 0.15) is 59.8 Å². The fourth-order valence-corrected chi connectivity index (χ4v) is 6.04. The summed E-state index contributed by atoms with van der Waals surface area (Å²) in [6.07, 6.45) is 5.71. The molecule has 0 amide bonds. The maximum Gasteiger partial charge on any atom is 0.302 e. The van der Waals surface area contributed by atoms with Crippen molar-refractivity contribution in [1.29, 1.82) is 0 Å². The first-order valence-corrected chi connectivity index (χ1v) is 9.78. The third-order valence-corrected chi connectivity index (χ3v) is 7.45. The van der Waals surface area contributed by atoms with Gasteiger partial charge in [-0.25, -0.2) is 0 Å². The number of hydrogen-bond donors (Lipinski definition) is 1. The number of carbonyl (C=O) groups is 2. The Morgan fingerprint density at radius 3 is 2.50 bits per heavy atom. The van der Waals surface area contributed by atoms with Crippen LogP contribution in [-0.4, -0.2) is 29.6 Å². The number of allylic oxidation sites excluding steroid dienone is 1. The first-order valence-electron chi connectivity index (χ1n) is 9.78. The second-order valence-electron chi connectivity index (χ2n) is 9.41. The molecule has 0 aromatic carbocycles. The minimum absolute atomic E-state index is 0.00350. The summed E-state index contributed by atoms with van der Waals surface area (Å²) in [5.74, 6) is 0.364. The molecule has 4 heteroatoms. The van der Waals surface area contributed by atoms with Crippen molar-refractivity contribution in [2.24, 2.45) is 28.6 Å². The van der Waals surface area contributed by atoms with Crippen molar-refractivity contribution in [3.8, 4) is 0 Å². The molecule has 3 aliphatic rings. The number of aliphatic hydroxyl groups excluding tert-OH is 1. The molecule has 0 aromatic heterocycles. The van der Waals surface area contributed by atoms with Gasteiger partial charge in [-0.1, -0.05) is 26.0 Å². The van der Waals surface area contributed by atoms with Crippen molar-refractivity contribution in [2.45, 2.75) is 65.9 Å². The van der Waals surface area contributed by atoms with Gasteiger partial charge in [-0.15, -0.1) is 0 Å². The van der Waals surface area contributed by atoms with Crippen LogP contribution < -0.4 is 0 Å². The summed E-state index contributed by atoms with van der Waals surface area (Å²) in [6.45, 7) is 12.1. The minimum Gasteiger partial charge on any atom is -0.461 e. The topological polar surface area (TPSA) is 63.6 Å². The predicted octanol–water partition coefficient (Wildman–Crippen LogP) is 3.83. The molecule has 144 valence electrons. The van der Waals surface area contributed by atoms with Crippen molar-refractivity contribution >= 4 is 11.8 Å². The Morgan fingerprint density at radius 2 is 1.88 bits per heavy atom. The summed E-state index contributed by atoms with van der Waals surface area (Å²) in [6, 6.07) is 0. The van der Waals surface area contributed by atoms with Gasteiger partial charge in [0, 0.05) is 18.9 Å². The molecule has 3 rings (SSSR count). The molecule has 0 bridgehead atoms. The average Bonchev–Trinajstić information content (AvgIpc) is 2.84. The summed E-state index contributed by atoms with van der Waals surface area (Å²) in [5.41, 5.74) is 1.60. The molecule has 0 aliphatic heterocycles. The Morgan fingerprint density at radius 1 is 1.23 bits per heavy atom. The third kappa shape index (κ3) is 3.17. The smallest absolute Gasteiger partial charge is 0.302 e. The molecule has 1 N–H and O–H groups in total. The Hall–Kier alpha value is -1.42. The third-order valence-electron chi connectivity index (χ3n) is 7.45. The van der Waals surface area contributed by atoms with E-state index in [-0.39, 0.29) is 29.1 Å². The van der Waals surface area contributed by atoms with E-state index in [0.29, 0.717) is 23.8 Å². The number of carbonyl (C=O) groups excluding carboxylic acids is 2. The second kappa shape index (κ2) is 6.63. The molecule has 0 aromatic rings. The largest absolute Gasteiger partial charge is 0.461 e. The average molecular weight is 360 g/mol. The SMILES string of the molecule is C=C(C)[C@@H]1CC[C@]2(C)CC[C@@]3(C)CC(=O)C(COC(C)=O)=C[C@H](O)[C@@H]3[C@@H]12. The summed E-state index contributed by atoms with van der Waals surface area (Å²) in [5, 5.41) is 11.2. The first kappa shape index (κ1) is 19.3. The fraction of sp³-hybridized carbons (Fsp3) is 0.727. The molecule has 26 heavy (non-hydrogen) atoms. The molecule has 2 saturated carbocycles.